The van der Waals surface area contributed by atoms with Crippen molar-refractivity contribution in [1.82, 2.24) is 20.4 Å². The van der Waals surface area contributed by atoms with Gasteiger partial charge in [0.2, 0.25) is 11.8 Å². The van der Waals surface area contributed by atoms with Crippen LogP contribution in [0.1, 0.15) is 54.1 Å². The lowest BCUT2D eigenvalue weighted by atomic mass is 9.99. The second-order valence-electron chi connectivity index (χ2n) is 7.90. The van der Waals surface area contributed by atoms with Crippen LogP contribution in [0.3, 0.4) is 0 Å². The highest BCUT2D eigenvalue weighted by Gasteiger charge is 2.40. The smallest absolute Gasteiger partial charge is 0.255 e. The molecule has 1 aromatic carbocycles. The zero-order valence-corrected chi connectivity index (χ0v) is 16.4. The number of nitrogens with one attached hydrogen (secondary N) is 2. The molecule has 4 rings (SSSR count). The average Bonchev–Trinajstić information content (AvgIpc) is 3.04. The molecule has 150 valence electrons. The number of hydrogen-bond acceptors (Lipinski definition) is 5. The third kappa shape index (κ3) is 3.56. The first-order valence-electron chi connectivity index (χ1n) is 10.3. The molecule has 0 spiro atoms. The summed E-state index contributed by atoms with van der Waals surface area (Å²) in [5, 5.41) is 5.77. The number of rotatable bonds is 5. The molecule has 3 amide bonds. The molecule has 28 heavy (non-hydrogen) atoms. The van der Waals surface area contributed by atoms with Crippen molar-refractivity contribution in [2.24, 2.45) is 0 Å². The predicted octanol–water partition coefficient (Wildman–Crippen LogP) is 1.02. The van der Waals surface area contributed by atoms with Crippen molar-refractivity contribution < 1.29 is 14.4 Å². The first-order chi connectivity index (χ1) is 13.6. The van der Waals surface area contributed by atoms with Gasteiger partial charge in [-0.05, 0) is 50.0 Å². The van der Waals surface area contributed by atoms with E-state index in [2.05, 4.69) is 22.5 Å². The number of imide groups is 1. The molecule has 3 aliphatic heterocycles. The van der Waals surface area contributed by atoms with Crippen LogP contribution in [-0.4, -0.2) is 59.2 Å². The Hall–Kier alpha value is -2.25. The molecule has 0 saturated carbocycles. The lowest BCUT2D eigenvalue weighted by Crippen LogP contribution is -2.52. The number of fused-ring (bicyclic) bond motifs is 1. The van der Waals surface area contributed by atoms with Crippen molar-refractivity contribution in [3.63, 3.8) is 0 Å². The first-order valence-corrected chi connectivity index (χ1v) is 10.3. The molecule has 2 saturated heterocycles. The van der Waals surface area contributed by atoms with Crippen LogP contribution in [0.25, 0.3) is 0 Å². The van der Waals surface area contributed by atoms with Gasteiger partial charge in [0.25, 0.3) is 5.91 Å². The largest absolute Gasteiger partial charge is 0.322 e. The highest BCUT2D eigenvalue weighted by Crippen LogP contribution is 2.31. The van der Waals surface area contributed by atoms with E-state index in [-0.39, 0.29) is 24.1 Å². The van der Waals surface area contributed by atoms with E-state index < -0.39 is 6.04 Å². The highest BCUT2D eigenvalue weighted by atomic mass is 16.2. The van der Waals surface area contributed by atoms with Gasteiger partial charge in [-0.2, -0.15) is 0 Å². The summed E-state index contributed by atoms with van der Waals surface area (Å²) in [7, 11) is 0. The number of nitrogens with zero attached hydrogens (tertiary/aromatic N) is 2. The Labute approximate surface area is 165 Å². The van der Waals surface area contributed by atoms with Crippen molar-refractivity contribution in [2.45, 2.75) is 57.8 Å². The summed E-state index contributed by atoms with van der Waals surface area (Å²) in [6.45, 7) is 6.38. The van der Waals surface area contributed by atoms with Gasteiger partial charge in [0.05, 0.1) is 0 Å². The number of carbonyl (C=O) groups is 3. The van der Waals surface area contributed by atoms with Gasteiger partial charge in [0.1, 0.15) is 6.04 Å². The zero-order chi connectivity index (χ0) is 19.7. The third-order valence-corrected chi connectivity index (χ3v) is 6.24. The van der Waals surface area contributed by atoms with Gasteiger partial charge in [-0.15, -0.1) is 0 Å². The van der Waals surface area contributed by atoms with Crippen LogP contribution in [0.4, 0.5) is 0 Å². The monoisotopic (exact) mass is 384 g/mol. The zero-order valence-electron chi connectivity index (χ0n) is 16.4. The highest BCUT2D eigenvalue weighted by molar-refractivity contribution is 6.05. The lowest BCUT2D eigenvalue weighted by Gasteiger charge is -2.34. The van der Waals surface area contributed by atoms with E-state index in [0.29, 0.717) is 19.0 Å². The summed E-state index contributed by atoms with van der Waals surface area (Å²) in [5.41, 5.74) is 2.77. The molecule has 7 nitrogen and oxygen atoms in total. The maximum atomic E-state index is 13.2. The normalized spacial score (nSPS) is 23.3. The molecule has 1 atom stereocenters. The Balaban J connectivity index is 1.54. The number of hydrogen-bond donors (Lipinski definition) is 2. The van der Waals surface area contributed by atoms with Crippen LogP contribution < -0.4 is 10.6 Å². The Morgan fingerprint density at radius 2 is 1.93 bits per heavy atom. The Morgan fingerprint density at radius 3 is 2.64 bits per heavy atom. The summed E-state index contributed by atoms with van der Waals surface area (Å²) < 4.78 is 0. The summed E-state index contributed by atoms with van der Waals surface area (Å²) in [5.74, 6) is -0.697. The molecule has 7 heteroatoms. The molecule has 3 aliphatic rings. The van der Waals surface area contributed by atoms with E-state index in [1.165, 1.54) is 0 Å². The molecule has 2 fully saturated rings. The van der Waals surface area contributed by atoms with E-state index in [1.807, 2.05) is 18.2 Å². The minimum absolute atomic E-state index is 0.0820. The molecule has 0 bridgehead atoms. The Kier molecular flexibility index (Phi) is 5.46. The van der Waals surface area contributed by atoms with Crippen LogP contribution in [0, 0.1) is 0 Å². The maximum absolute atomic E-state index is 13.2. The van der Waals surface area contributed by atoms with Crippen molar-refractivity contribution in [1.29, 1.82) is 0 Å². The summed E-state index contributed by atoms with van der Waals surface area (Å²) in [6, 6.07) is 5.99. The van der Waals surface area contributed by atoms with Crippen molar-refractivity contribution >= 4 is 17.7 Å². The molecule has 0 aliphatic carbocycles. The quantitative estimate of drug-likeness (QED) is 0.741. The van der Waals surface area contributed by atoms with Crippen LogP contribution in [0.5, 0.6) is 0 Å². The number of piperidine rings is 2. The molecule has 1 unspecified atom stereocenters. The van der Waals surface area contributed by atoms with Gasteiger partial charge in [0.15, 0.2) is 0 Å². The van der Waals surface area contributed by atoms with Crippen molar-refractivity contribution in [3.05, 3.63) is 34.9 Å². The molecular weight excluding hydrogens is 356 g/mol. The number of amides is 3. The Bertz CT molecular complexity index is 788. The number of carbonyl (C=O) groups excluding carboxylic acids is 3. The van der Waals surface area contributed by atoms with Crippen LogP contribution in [0.15, 0.2) is 18.2 Å². The minimum Gasteiger partial charge on any atom is -0.322 e. The number of benzene rings is 1. The summed E-state index contributed by atoms with van der Waals surface area (Å²) >= 11 is 0. The standard InChI is InChI=1S/C21H28N4O3/c1-2-24(16-8-10-22-11-9-16)12-14-4-3-5-15-13-25(21(28)19(14)15)17-6-7-18(26)23-20(17)27/h3-5,16-17,22H,2,6-13H2,1H3,(H,23,26,27). The predicted molar refractivity (Wildman–Crippen MR) is 104 cm³/mol. The van der Waals surface area contributed by atoms with Gasteiger partial charge >= 0.3 is 0 Å². The fourth-order valence-corrected chi connectivity index (χ4v) is 4.71. The summed E-state index contributed by atoms with van der Waals surface area (Å²) in [6.07, 6.45) is 2.93. The van der Waals surface area contributed by atoms with Gasteiger partial charge < -0.3 is 10.2 Å². The van der Waals surface area contributed by atoms with E-state index in [0.717, 1.165) is 55.7 Å². The molecule has 0 radical (unpaired) electrons. The van der Waals surface area contributed by atoms with E-state index >= 15 is 0 Å². The van der Waals surface area contributed by atoms with E-state index in [1.54, 1.807) is 4.90 Å². The minimum atomic E-state index is -0.558. The summed E-state index contributed by atoms with van der Waals surface area (Å²) in [4.78, 5) is 41.0. The fraction of sp³-hybridized carbons (Fsp3) is 0.571. The van der Waals surface area contributed by atoms with Crippen molar-refractivity contribution in [3.8, 4) is 0 Å². The van der Waals surface area contributed by atoms with Crippen LogP contribution >= 0.6 is 0 Å². The maximum Gasteiger partial charge on any atom is 0.255 e. The van der Waals surface area contributed by atoms with Gasteiger partial charge in [-0.3, -0.25) is 24.6 Å². The molecule has 0 aromatic heterocycles. The van der Waals surface area contributed by atoms with Crippen LogP contribution in [-0.2, 0) is 22.7 Å². The third-order valence-electron chi connectivity index (χ3n) is 6.24. The SMILES string of the molecule is CCN(Cc1cccc2c1C(=O)N(C1CCC(=O)NC1=O)C2)C1CCNCC1. The average molecular weight is 384 g/mol. The van der Waals surface area contributed by atoms with Gasteiger partial charge in [-0.1, -0.05) is 25.1 Å². The second kappa shape index (κ2) is 8.01. The van der Waals surface area contributed by atoms with E-state index in [4.69, 9.17) is 0 Å². The van der Waals surface area contributed by atoms with Crippen LogP contribution in [0.2, 0.25) is 0 Å². The Morgan fingerprint density at radius 1 is 1.14 bits per heavy atom. The van der Waals surface area contributed by atoms with E-state index in [9.17, 15) is 14.4 Å². The topological polar surface area (TPSA) is 81.8 Å². The molecule has 1 aromatic rings. The lowest BCUT2D eigenvalue weighted by molar-refractivity contribution is -0.136. The first kappa shape index (κ1) is 19.1. The van der Waals surface area contributed by atoms with Gasteiger partial charge in [-0.25, -0.2) is 0 Å². The van der Waals surface area contributed by atoms with Gasteiger partial charge in [0, 0.05) is 31.1 Å². The fourth-order valence-electron chi connectivity index (χ4n) is 4.71. The molecule has 2 N–H and O–H groups in total. The molecular formula is C21H28N4O3. The van der Waals surface area contributed by atoms with Crippen molar-refractivity contribution in [2.75, 3.05) is 19.6 Å². The molecule has 3 heterocycles. The second-order valence-corrected chi connectivity index (χ2v) is 7.90.